The largest absolute Gasteiger partial charge is 0.335 e. The van der Waals surface area contributed by atoms with Crippen LogP contribution in [0.15, 0.2) is 35.1 Å². The second-order valence-corrected chi connectivity index (χ2v) is 6.07. The van der Waals surface area contributed by atoms with Crippen molar-refractivity contribution >= 4 is 33.4 Å². The number of rotatable bonds is 0. The van der Waals surface area contributed by atoms with E-state index in [-0.39, 0.29) is 5.69 Å². The normalized spacial score (nSPS) is 12.1. The predicted molar refractivity (Wildman–Crippen MR) is 91.5 cm³/mol. The molecular formula is C17H14N6O. The molecule has 0 amide bonds. The third-order valence-corrected chi connectivity index (χ3v) is 4.46. The van der Waals surface area contributed by atoms with Crippen molar-refractivity contribution in [2.45, 2.75) is 13.8 Å². The average molecular weight is 318 g/mol. The molecule has 1 aromatic carbocycles. The highest BCUT2D eigenvalue weighted by Crippen LogP contribution is 2.25. The lowest BCUT2D eigenvalue weighted by Crippen LogP contribution is -2.24. The van der Waals surface area contributed by atoms with E-state index in [1.165, 1.54) is 0 Å². The summed E-state index contributed by atoms with van der Waals surface area (Å²) in [5, 5.41) is 5.39. The summed E-state index contributed by atoms with van der Waals surface area (Å²) < 4.78 is 4.97. The van der Waals surface area contributed by atoms with Crippen LogP contribution < -0.4 is 5.69 Å². The summed E-state index contributed by atoms with van der Waals surface area (Å²) in [5.41, 5.74) is 5.19. The van der Waals surface area contributed by atoms with Crippen molar-refractivity contribution in [1.29, 1.82) is 0 Å². The van der Waals surface area contributed by atoms with Crippen molar-refractivity contribution in [2.75, 3.05) is 0 Å². The topological polar surface area (TPSA) is 69.5 Å². The van der Waals surface area contributed by atoms with Crippen LogP contribution >= 0.6 is 0 Å². The molecule has 24 heavy (non-hydrogen) atoms. The highest BCUT2D eigenvalue weighted by atomic mass is 16.1. The van der Waals surface area contributed by atoms with Gasteiger partial charge >= 0.3 is 5.69 Å². The highest BCUT2D eigenvalue weighted by molar-refractivity contribution is 6.03. The van der Waals surface area contributed by atoms with E-state index in [4.69, 9.17) is 0 Å². The molecule has 4 aromatic heterocycles. The van der Waals surface area contributed by atoms with E-state index in [1.807, 2.05) is 44.2 Å². The number of aryl methyl sites for hydroxylation is 3. The van der Waals surface area contributed by atoms with Crippen LogP contribution in [-0.4, -0.2) is 28.5 Å². The van der Waals surface area contributed by atoms with Crippen LogP contribution in [0.3, 0.4) is 0 Å². The fraction of sp³-hybridized carbons (Fsp3) is 0.176. The summed E-state index contributed by atoms with van der Waals surface area (Å²) in [7, 11) is 1.73. The first-order valence-corrected chi connectivity index (χ1v) is 7.69. The minimum atomic E-state index is -0.163. The molecule has 118 valence electrons. The number of benzene rings is 1. The quantitative estimate of drug-likeness (QED) is 0.438. The molecule has 0 radical (unpaired) electrons. The van der Waals surface area contributed by atoms with E-state index in [1.54, 1.807) is 20.5 Å². The third-order valence-electron chi connectivity index (χ3n) is 4.46. The number of nitrogens with zero attached hydrogens (tertiary/aromatic N) is 6. The standard InChI is InChI=1S/C17H14N6O/c1-9-8-10(2)23-15(18-9)13-14-19-11-6-4-5-7-12(11)22(14)17(24)21(3)16(13)20-23/h4-8H,1-3H3. The van der Waals surface area contributed by atoms with Gasteiger partial charge in [-0.3, -0.25) is 4.57 Å². The maximum atomic E-state index is 12.9. The number of fused-ring (bicyclic) bond motifs is 7. The van der Waals surface area contributed by atoms with Gasteiger partial charge in [-0.2, -0.15) is 0 Å². The van der Waals surface area contributed by atoms with E-state index >= 15 is 0 Å². The zero-order chi connectivity index (χ0) is 16.6. The van der Waals surface area contributed by atoms with Gasteiger partial charge in [0.05, 0.1) is 11.0 Å². The number of para-hydroxylation sites is 2. The van der Waals surface area contributed by atoms with Crippen LogP contribution in [0.1, 0.15) is 11.4 Å². The molecule has 0 aliphatic rings. The van der Waals surface area contributed by atoms with Gasteiger partial charge in [0.15, 0.2) is 16.9 Å². The molecule has 0 N–H and O–H groups in total. The molecule has 7 heteroatoms. The number of aromatic nitrogens is 6. The van der Waals surface area contributed by atoms with Crippen molar-refractivity contribution in [3.8, 4) is 0 Å². The molecule has 4 heterocycles. The van der Waals surface area contributed by atoms with E-state index in [9.17, 15) is 4.79 Å². The Hall–Kier alpha value is -3.22. The van der Waals surface area contributed by atoms with Crippen molar-refractivity contribution < 1.29 is 0 Å². The summed E-state index contributed by atoms with van der Waals surface area (Å²) in [4.78, 5) is 22.2. The highest BCUT2D eigenvalue weighted by Gasteiger charge is 2.20. The summed E-state index contributed by atoms with van der Waals surface area (Å²) >= 11 is 0. The molecule has 0 aliphatic heterocycles. The Bertz CT molecular complexity index is 1350. The maximum Gasteiger partial charge on any atom is 0.335 e. The first-order chi connectivity index (χ1) is 11.6. The zero-order valence-electron chi connectivity index (χ0n) is 13.5. The Morgan fingerprint density at radius 3 is 2.62 bits per heavy atom. The molecule has 0 unspecified atom stereocenters. The Labute approximate surface area is 135 Å². The lowest BCUT2D eigenvalue weighted by molar-refractivity contribution is 0.804. The van der Waals surface area contributed by atoms with Gasteiger partial charge in [-0.25, -0.2) is 23.7 Å². The fourth-order valence-corrected chi connectivity index (χ4v) is 3.37. The van der Waals surface area contributed by atoms with Gasteiger partial charge in [-0.05, 0) is 32.0 Å². The Kier molecular flexibility index (Phi) is 2.31. The molecule has 0 saturated carbocycles. The molecule has 0 aliphatic carbocycles. The first kappa shape index (κ1) is 13.2. The molecule has 7 nitrogen and oxygen atoms in total. The molecule has 0 saturated heterocycles. The minimum absolute atomic E-state index is 0.163. The Morgan fingerprint density at radius 2 is 1.79 bits per heavy atom. The van der Waals surface area contributed by atoms with E-state index < -0.39 is 0 Å². The van der Waals surface area contributed by atoms with Crippen LogP contribution in [-0.2, 0) is 7.05 Å². The van der Waals surface area contributed by atoms with Gasteiger partial charge in [-0.15, -0.1) is 5.10 Å². The van der Waals surface area contributed by atoms with Crippen molar-refractivity contribution in [3.63, 3.8) is 0 Å². The summed E-state index contributed by atoms with van der Waals surface area (Å²) in [6, 6.07) is 9.60. The molecule has 0 fully saturated rings. The maximum absolute atomic E-state index is 12.9. The summed E-state index contributed by atoms with van der Waals surface area (Å²) in [6.07, 6.45) is 0. The second-order valence-electron chi connectivity index (χ2n) is 6.07. The van der Waals surface area contributed by atoms with Crippen molar-refractivity contribution in [3.05, 3.63) is 52.2 Å². The van der Waals surface area contributed by atoms with Crippen molar-refractivity contribution in [1.82, 2.24) is 28.5 Å². The Balaban J connectivity index is 2.20. The lowest BCUT2D eigenvalue weighted by atomic mass is 10.3. The summed E-state index contributed by atoms with van der Waals surface area (Å²) in [5.74, 6) is 0. The molecule has 0 bridgehead atoms. The molecule has 0 atom stereocenters. The fourth-order valence-electron chi connectivity index (χ4n) is 3.37. The number of imidazole rings is 1. The van der Waals surface area contributed by atoms with E-state index in [0.29, 0.717) is 11.3 Å². The second kappa shape index (κ2) is 4.19. The Morgan fingerprint density at radius 1 is 1.00 bits per heavy atom. The number of hydrogen-bond acceptors (Lipinski definition) is 4. The smallest absolute Gasteiger partial charge is 0.279 e. The van der Waals surface area contributed by atoms with Gasteiger partial charge in [-0.1, -0.05) is 12.1 Å². The molecule has 5 rings (SSSR count). The van der Waals surface area contributed by atoms with Gasteiger partial charge in [0, 0.05) is 18.4 Å². The van der Waals surface area contributed by atoms with Crippen LogP contribution in [0.25, 0.3) is 33.4 Å². The minimum Gasteiger partial charge on any atom is -0.279 e. The van der Waals surface area contributed by atoms with Crippen LogP contribution in [0, 0.1) is 13.8 Å². The van der Waals surface area contributed by atoms with E-state index in [2.05, 4.69) is 15.1 Å². The first-order valence-electron chi connectivity index (χ1n) is 7.69. The van der Waals surface area contributed by atoms with Gasteiger partial charge in [0.1, 0.15) is 5.39 Å². The van der Waals surface area contributed by atoms with Crippen LogP contribution in [0.5, 0.6) is 0 Å². The van der Waals surface area contributed by atoms with Crippen LogP contribution in [0.4, 0.5) is 0 Å². The van der Waals surface area contributed by atoms with Gasteiger partial charge < -0.3 is 0 Å². The molecular weight excluding hydrogens is 304 g/mol. The zero-order valence-corrected chi connectivity index (χ0v) is 13.5. The lowest BCUT2D eigenvalue weighted by Gasteiger charge is -2.02. The average Bonchev–Trinajstić information content (AvgIpc) is 3.11. The third kappa shape index (κ3) is 1.46. The van der Waals surface area contributed by atoms with E-state index in [0.717, 1.165) is 33.5 Å². The monoisotopic (exact) mass is 318 g/mol. The van der Waals surface area contributed by atoms with Crippen LogP contribution in [0.2, 0.25) is 0 Å². The summed E-state index contributed by atoms with van der Waals surface area (Å²) in [6.45, 7) is 3.93. The number of hydrogen-bond donors (Lipinski definition) is 0. The van der Waals surface area contributed by atoms with Gasteiger partial charge in [0.2, 0.25) is 0 Å². The van der Waals surface area contributed by atoms with Gasteiger partial charge in [0.25, 0.3) is 0 Å². The molecule has 0 spiro atoms. The molecule has 5 aromatic rings. The van der Waals surface area contributed by atoms with Crippen molar-refractivity contribution in [2.24, 2.45) is 7.05 Å². The predicted octanol–water partition coefficient (Wildman–Crippen LogP) is 2.00. The SMILES string of the molecule is Cc1cc(C)n2nc3c(c2n1)c1nc2ccccc2n1c(=O)n3C.